The smallest absolute Gasteiger partial charge is 0.305 e. The molecule has 2 unspecified atom stereocenters. The number of nitrogens with one attached hydrogen (secondary N) is 1. The Morgan fingerprint density at radius 1 is 1.29 bits per heavy atom. The van der Waals surface area contributed by atoms with Crippen molar-refractivity contribution in [3.63, 3.8) is 0 Å². The quantitative estimate of drug-likeness (QED) is 0.749. The van der Waals surface area contributed by atoms with Gasteiger partial charge in [0.05, 0.1) is 13.0 Å². The van der Waals surface area contributed by atoms with Crippen LogP contribution in [0.2, 0.25) is 0 Å². The van der Waals surface area contributed by atoms with Crippen LogP contribution in [0.1, 0.15) is 39.5 Å². The highest BCUT2D eigenvalue weighted by molar-refractivity contribution is 5.78. The Bertz CT molecular complexity index is 271. The number of carbonyl (C=O) groups excluding carboxylic acids is 1. The van der Waals surface area contributed by atoms with Gasteiger partial charge in [-0.1, -0.05) is 6.42 Å². The first-order valence-electron chi connectivity index (χ1n) is 6.25. The standard InChI is InChI=1S/C12H22N2O3/c1-9-4-3-5-10(2)14(9)8-11(15)13-7-6-12(16)17/h9-10H,3-8H2,1-2H3,(H,13,15)(H,16,17). The molecule has 2 atom stereocenters. The summed E-state index contributed by atoms with van der Waals surface area (Å²) in [5, 5.41) is 11.1. The number of hydrogen-bond donors (Lipinski definition) is 2. The summed E-state index contributed by atoms with van der Waals surface area (Å²) in [5.74, 6) is -0.961. The van der Waals surface area contributed by atoms with Crippen LogP contribution in [0.25, 0.3) is 0 Å². The predicted octanol–water partition coefficient (Wildman–Crippen LogP) is 0.840. The van der Waals surface area contributed by atoms with E-state index in [2.05, 4.69) is 24.1 Å². The third-order valence-corrected chi connectivity index (χ3v) is 3.36. The second-order valence-electron chi connectivity index (χ2n) is 4.79. The van der Waals surface area contributed by atoms with Crippen molar-refractivity contribution in [3.05, 3.63) is 0 Å². The van der Waals surface area contributed by atoms with Crippen molar-refractivity contribution in [1.82, 2.24) is 10.2 Å². The van der Waals surface area contributed by atoms with Gasteiger partial charge in [0.15, 0.2) is 0 Å². The highest BCUT2D eigenvalue weighted by Crippen LogP contribution is 2.21. The minimum Gasteiger partial charge on any atom is -0.481 e. The molecule has 0 bridgehead atoms. The van der Waals surface area contributed by atoms with E-state index >= 15 is 0 Å². The average Bonchev–Trinajstić information content (AvgIpc) is 2.23. The monoisotopic (exact) mass is 242 g/mol. The lowest BCUT2D eigenvalue weighted by Gasteiger charge is -2.38. The number of carbonyl (C=O) groups is 2. The highest BCUT2D eigenvalue weighted by Gasteiger charge is 2.26. The predicted molar refractivity (Wildman–Crippen MR) is 64.7 cm³/mol. The lowest BCUT2D eigenvalue weighted by atomic mass is 9.97. The van der Waals surface area contributed by atoms with Crippen LogP contribution in [0.15, 0.2) is 0 Å². The number of hydrogen-bond acceptors (Lipinski definition) is 3. The molecule has 0 saturated carbocycles. The fourth-order valence-electron chi connectivity index (χ4n) is 2.32. The van der Waals surface area contributed by atoms with Crippen LogP contribution >= 0.6 is 0 Å². The van der Waals surface area contributed by atoms with E-state index in [0.717, 1.165) is 12.8 Å². The molecule has 17 heavy (non-hydrogen) atoms. The summed E-state index contributed by atoms with van der Waals surface area (Å²) in [6.07, 6.45) is 3.47. The lowest BCUT2D eigenvalue weighted by molar-refractivity contribution is -0.137. The fraction of sp³-hybridized carbons (Fsp3) is 0.833. The largest absolute Gasteiger partial charge is 0.481 e. The van der Waals surface area contributed by atoms with Gasteiger partial charge in [0, 0.05) is 18.6 Å². The zero-order valence-corrected chi connectivity index (χ0v) is 10.6. The van der Waals surface area contributed by atoms with Gasteiger partial charge in [0.2, 0.25) is 5.91 Å². The van der Waals surface area contributed by atoms with Gasteiger partial charge < -0.3 is 10.4 Å². The van der Waals surface area contributed by atoms with Crippen molar-refractivity contribution in [1.29, 1.82) is 0 Å². The number of amides is 1. The molecule has 0 radical (unpaired) electrons. The summed E-state index contributed by atoms with van der Waals surface area (Å²) >= 11 is 0. The Labute approximate surface area is 102 Å². The first-order chi connectivity index (χ1) is 8.00. The first kappa shape index (κ1) is 14.0. The zero-order chi connectivity index (χ0) is 12.8. The maximum absolute atomic E-state index is 11.6. The van der Waals surface area contributed by atoms with E-state index in [1.54, 1.807) is 0 Å². The Kier molecular flexibility index (Phi) is 5.41. The van der Waals surface area contributed by atoms with Gasteiger partial charge in [-0.3, -0.25) is 14.5 Å². The number of carboxylic acid groups (broad SMARTS) is 1. The summed E-state index contributed by atoms with van der Waals surface area (Å²) < 4.78 is 0. The lowest BCUT2D eigenvalue weighted by Crippen LogP contribution is -2.48. The van der Waals surface area contributed by atoms with Crippen molar-refractivity contribution in [2.45, 2.75) is 51.6 Å². The summed E-state index contributed by atoms with van der Waals surface area (Å²) in [5.41, 5.74) is 0. The molecular formula is C12H22N2O3. The van der Waals surface area contributed by atoms with Gasteiger partial charge in [-0.05, 0) is 26.7 Å². The van der Waals surface area contributed by atoms with Crippen molar-refractivity contribution < 1.29 is 14.7 Å². The van der Waals surface area contributed by atoms with Crippen LogP contribution in [0, 0.1) is 0 Å². The van der Waals surface area contributed by atoms with Gasteiger partial charge in [0.25, 0.3) is 0 Å². The molecule has 1 saturated heterocycles. The van der Waals surface area contributed by atoms with Crippen molar-refractivity contribution in [2.75, 3.05) is 13.1 Å². The zero-order valence-electron chi connectivity index (χ0n) is 10.6. The molecular weight excluding hydrogens is 220 g/mol. The number of carboxylic acids is 1. The van der Waals surface area contributed by atoms with Gasteiger partial charge >= 0.3 is 5.97 Å². The molecule has 1 fully saturated rings. The van der Waals surface area contributed by atoms with Gasteiger partial charge in [-0.25, -0.2) is 0 Å². The minimum absolute atomic E-state index is 0.0170. The minimum atomic E-state index is -0.884. The van der Waals surface area contributed by atoms with E-state index in [4.69, 9.17) is 5.11 Å². The molecule has 0 aromatic carbocycles. The second-order valence-corrected chi connectivity index (χ2v) is 4.79. The van der Waals surface area contributed by atoms with E-state index in [-0.39, 0.29) is 18.9 Å². The molecule has 1 rings (SSSR count). The third kappa shape index (κ3) is 4.73. The van der Waals surface area contributed by atoms with E-state index in [1.807, 2.05) is 0 Å². The molecule has 0 aromatic rings. The Balaban J connectivity index is 2.31. The van der Waals surface area contributed by atoms with Gasteiger partial charge in [-0.2, -0.15) is 0 Å². The molecule has 1 heterocycles. The average molecular weight is 242 g/mol. The second kappa shape index (κ2) is 6.59. The molecule has 1 aliphatic rings. The fourth-order valence-corrected chi connectivity index (χ4v) is 2.32. The van der Waals surface area contributed by atoms with Gasteiger partial charge in [-0.15, -0.1) is 0 Å². The van der Waals surface area contributed by atoms with Crippen LogP contribution in [-0.2, 0) is 9.59 Å². The maximum Gasteiger partial charge on any atom is 0.305 e. The van der Waals surface area contributed by atoms with Crippen LogP contribution in [-0.4, -0.2) is 47.1 Å². The third-order valence-electron chi connectivity index (χ3n) is 3.36. The molecule has 5 nitrogen and oxygen atoms in total. The number of nitrogens with zero attached hydrogens (tertiary/aromatic N) is 1. The van der Waals surface area contributed by atoms with Gasteiger partial charge in [0.1, 0.15) is 0 Å². The molecule has 0 aromatic heterocycles. The summed E-state index contributed by atoms with van der Waals surface area (Å²) in [7, 11) is 0. The van der Waals surface area contributed by atoms with E-state index in [1.165, 1.54) is 6.42 Å². The Morgan fingerprint density at radius 3 is 2.41 bits per heavy atom. The number of aliphatic carboxylic acids is 1. The van der Waals surface area contributed by atoms with Crippen molar-refractivity contribution in [3.8, 4) is 0 Å². The number of likely N-dealkylation sites (tertiary alicyclic amines) is 1. The first-order valence-corrected chi connectivity index (χ1v) is 6.25. The summed E-state index contributed by atoms with van der Waals surface area (Å²) in [6, 6.07) is 0.868. The van der Waals surface area contributed by atoms with Crippen LogP contribution < -0.4 is 5.32 Å². The molecule has 5 heteroatoms. The Morgan fingerprint density at radius 2 is 1.88 bits per heavy atom. The molecule has 1 aliphatic heterocycles. The Hall–Kier alpha value is -1.10. The maximum atomic E-state index is 11.6. The molecule has 1 amide bonds. The number of rotatable bonds is 5. The van der Waals surface area contributed by atoms with E-state index in [9.17, 15) is 9.59 Å². The normalized spacial score (nSPS) is 25.5. The SMILES string of the molecule is CC1CCCC(C)N1CC(=O)NCCC(=O)O. The summed E-state index contributed by atoms with van der Waals surface area (Å²) in [4.78, 5) is 24.1. The molecule has 0 aliphatic carbocycles. The topological polar surface area (TPSA) is 69.6 Å². The van der Waals surface area contributed by atoms with Crippen molar-refractivity contribution >= 4 is 11.9 Å². The van der Waals surface area contributed by atoms with Crippen LogP contribution in [0.3, 0.4) is 0 Å². The van der Waals surface area contributed by atoms with E-state index < -0.39 is 5.97 Å². The van der Waals surface area contributed by atoms with Crippen LogP contribution in [0.4, 0.5) is 0 Å². The van der Waals surface area contributed by atoms with Crippen LogP contribution in [0.5, 0.6) is 0 Å². The molecule has 0 spiro atoms. The molecule has 2 N–H and O–H groups in total. The highest BCUT2D eigenvalue weighted by atomic mass is 16.4. The van der Waals surface area contributed by atoms with Crippen molar-refractivity contribution in [2.24, 2.45) is 0 Å². The molecule has 98 valence electrons. The number of piperidine rings is 1. The van der Waals surface area contributed by atoms with E-state index in [0.29, 0.717) is 18.6 Å². The summed E-state index contributed by atoms with van der Waals surface area (Å²) in [6.45, 7) is 4.87.